The summed E-state index contributed by atoms with van der Waals surface area (Å²) in [6.07, 6.45) is 1.24. The Morgan fingerprint density at radius 2 is 1.86 bits per heavy atom. The molecule has 0 aliphatic rings. The molecule has 0 saturated heterocycles. The van der Waals surface area contributed by atoms with E-state index in [1.807, 2.05) is 6.92 Å². The van der Waals surface area contributed by atoms with Crippen LogP contribution in [-0.4, -0.2) is 29.8 Å². The third-order valence-electron chi connectivity index (χ3n) is 0.866. The number of carboxylic acids is 1. The zero-order chi connectivity index (χ0) is 10.9. The molecular weight excluding hydrogens is 219 g/mol. The summed E-state index contributed by atoms with van der Waals surface area (Å²) in [6.45, 7) is 5.07. The maximum absolute atomic E-state index is 9.75. The van der Waals surface area contributed by atoms with Crippen molar-refractivity contribution in [3.05, 3.63) is 6.92 Å². The molecule has 0 rings (SSSR count). The Morgan fingerprint density at radius 3 is 1.86 bits per heavy atom. The van der Waals surface area contributed by atoms with Crippen molar-refractivity contribution >= 4 is 16.1 Å². The quantitative estimate of drug-likeness (QED) is 0.332. The standard InChI is InChI=1S/C4H8O2.C3H7O3S.Na/c1-2-3-4(5)6;1-2-3-7(4,5)6;/h2-3H2,1H3,(H,5,6);1-3H2,(H,4,5,6);/q;-1;+1. The predicted molar refractivity (Wildman–Crippen MR) is 48.9 cm³/mol. The molecule has 0 aromatic heterocycles. The Bertz CT molecular complexity index is 224. The van der Waals surface area contributed by atoms with Gasteiger partial charge in [0.1, 0.15) is 0 Å². The fraction of sp³-hybridized carbons (Fsp3) is 0.714. The molecule has 0 aromatic rings. The summed E-state index contributed by atoms with van der Waals surface area (Å²) in [5.74, 6) is -0.954. The summed E-state index contributed by atoms with van der Waals surface area (Å²) in [5, 5.41) is 7.91. The topological polar surface area (TPSA) is 91.7 Å². The summed E-state index contributed by atoms with van der Waals surface area (Å²) >= 11 is 0. The molecule has 0 spiro atoms. The molecule has 7 heteroatoms. The fourth-order valence-electron chi connectivity index (χ4n) is 0.396. The van der Waals surface area contributed by atoms with Crippen LogP contribution in [0.25, 0.3) is 0 Å². The van der Waals surface area contributed by atoms with E-state index in [-0.39, 0.29) is 41.7 Å². The van der Waals surface area contributed by atoms with E-state index in [2.05, 4.69) is 6.92 Å². The molecule has 5 nitrogen and oxygen atoms in total. The van der Waals surface area contributed by atoms with E-state index >= 15 is 0 Å². The van der Waals surface area contributed by atoms with Gasteiger partial charge in [0.2, 0.25) is 0 Å². The van der Waals surface area contributed by atoms with Crippen molar-refractivity contribution in [1.82, 2.24) is 0 Å². The molecule has 0 aliphatic carbocycles. The second-order valence-corrected chi connectivity index (χ2v) is 3.86. The van der Waals surface area contributed by atoms with Gasteiger partial charge in [0.05, 0.1) is 0 Å². The van der Waals surface area contributed by atoms with Gasteiger partial charge in [-0.1, -0.05) is 6.92 Å². The van der Waals surface area contributed by atoms with Gasteiger partial charge in [0.25, 0.3) is 10.1 Å². The van der Waals surface area contributed by atoms with E-state index in [1.54, 1.807) is 0 Å². The first-order valence-corrected chi connectivity index (χ1v) is 5.40. The first kappa shape index (κ1) is 19.9. The molecular formula is C7H15NaO5S. The SMILES string of the molecule is CCCC(=O)O.[CH2-]CCS(=O)(=O)O.[Na+]. The molecule has 80 valence electrons. The maximum atomic E-state index is 9.75. The second kappa shape index (κ2) is 11.5. The van der Waals surface area contributed by atoms with Crippen molar-refractivity contribution in [2.24, 2.45) is 0 Å². The van der Waals surface area contributed by atoms with Crippen LogP contribution in [0.3, 0.4) is 0 Å². The van der Waals surface area contributed by atoms with Crippen molar-refractivity contribution in [3.63, 3.8) is 0 Å². The Hall–Kier alpha value is 0.380. The Labute approximate surface area is 107 Å². The van der Waals surface area contributed by atoms with Crippen LogP contribution < -0.4 is 29.6 Å². The molecule has 0 unspecified atom stereocenters. The number of carbonyl (C=O) groups is 1. The minimum atomic E-state index is -3.74. The molecule has 0 amide bonds. The van der Waals surface area contributed by atoms with E-state index in [1.165, 1.54) is 0 Å². The number of hydrogen-bond donors (Lipinski definition) is 2. The van der Waals surface area contributed by atoms with Crippen molar-refractivity contribution in [2.75, 3.05) is 5.75 Å². The summed E-state index contributed by atoms with van der Waals surface area (Å²) in [7, 11) is -3.74. The smallest absolute Gasteiger partial charge is 0.481 e. The first-order valence-electron chi connectivity index (χ1n) is 3.79. The second-order valence-electron chi connectivity index (χ2n) is 2.28. The molecule has 2 N–H and O–H groups in total. The first-order chi connectivity index (χ1) is 5.83. The Morgan fingerprint density at radius 1 is 1.43 bits per heavy atom. The minimum absolute atomic E-state index is 0. The molecule has 0 aromatic carbocycles. The number of rotatable bonds is 4. The average Bonchev–Trinajstić information content (AvgIpc) is 1.84. The molecule has 0 radical (unpaired) electrons. The van der Waals surface area contributed by atoms with Crippen LogP contribution >= 0.6 is 0 Å². The van der Waals surface area contributed by atoms with Crippen LogP contribution in [0.1, 0.15) is 26.2 Å². The molecule has 0 bridgehead atoms. The van der Waals surface area contributed by atoms with Gasteiger partial charge < -0.3 is 12.0 Å². The van der Waals surface area contributed by atoms with Crippen LogP contribution in [0.5, 0.6) is 0 Å². The van der Waals surface area contributed by atoms with Gasteiger partial charge in [-0.3, -0.25) is 9.35 Å². The third-order valence-corrected chi connectivity index (χ3v) is 1.67. The summed E-state index contributed by atoms with van der Waals surface area (Å²) in [4.78, 5) is 9.60. The van der Waals surface area contributed by atoms with Gasteiger partial charge in [-0.05, 0) is 6.42 Å². The normalized spacial score (nSPS) is 9.36. The molecule has 0 saturated carbocycles. The Balaban J connectivity index is -0.000000163. The van der Waals surface area contributed by atoms with E-state index in [9.17, 15) is 13.2 Å². The van der Waals surface area contributed by atoms with Gasteiger partial charge >= 0.3 is 35.5 Å². The summed E-state index contributed by atoms with van der Waals surface area (Å²) in [6, 6.07) is 0. The predicted octanol–water partition coefficient (Wildman–Crippen LogP) is -2.03. The van der Waals surface area contributed by atoms with E-state index in [4.69, 9.17) is 9.66 Å². The zero-order valence-electron chi connectivity index (χ0n) is 8.56. The van der Waals surface area contributed by atoms with Gasteiger partial charge in [0, 0.05) is 12.2 Å². The van der Waals surface area contributed by atoms with Gasteiger partial charge in [-0.15, -0.1) is 0 Å². The molecule has 0 heterocycles. The van der Waals surface area contributed by atoms with Crippen molar-refractivity contribution in [3.8, 4) is 0 Å². The van der Waals surface area contributed by atoms with Crippen molar-refractivity contribution in [2.45, 2.75) is 26.2 Å². The van der Waals surface area contributed by atoms with Gasteiger partial charge in [-0.2, -0.15) is 14.8 Å². The molecule has 0 aliphatic heterocycles. The van der Waals surface area contributed by atoms with Crippen LogP contribution in [0.2, 0.25) is 0 Å². The largest absolute Gasteiger partial charge is 1.00 e. The molecule has 0 atom stereocenters. The van der Waals surface area contributed by atoms with Crippen LogP contribution in [0.15, 0.2) is 0 Å². The van der Waals surface area contributed by atoms with E-state index in [0.29, 0.717) is 6.42 Å². The van der Waals surface area contributed by atoms with Crippen LogP contribution in [0.4, 0.5) is 0 Å². The van der Waals surface area contributed by atoms with Crippen LogP contribution in [0, 0.1) is 6.92 Å². The fourth-order valence-corrected chi connectivity index (χ4v) is 0.761. The maximum Gasteiger partial charge on any atom is 1.00 e. The Kier molecular flexibility index (Phi) is 16.3. The van der Waals surface area contributed by atoms with Crippen molar-refractivity contribution in [1.29, 1.82) is 0 Å². The van der Waals surface area contributed by atoms with Gasteiger partial charge in [0.15, 0.2) is 0 Å². The summed E-state index contributed by atoms with van der Waals surface area (Å²) in [5.41, 5.74) is 0. The van der Waals surface area contributed by atoms with Gasteiger partial charge in [-0.25, -0.2) is 0 Å². The minimum Gasteiger partial charge on any atom is -0.481 e. The van der Waals surface area contributed by atoms with E-state index < -0.39 is 16.1 Å². The molecule has 0 fully saturated rings. The van der Waals surface area contributed by atoms with E-state index in [0.717, 1.165) is 6.42 Å². The third kappa shape index (κ3) is 29.4. The van der Waals surface area contributed by atoms with Crippen LogP contribution in [-0.2, 0) is 14.9 Å². The monoisotopic (exact) mass is 234 g/mol. The molecule has 14 heavy (non-hydrogen) atoms. The zero-order valence-corrected chi connectivity index (χ0v) is 11.4. The number of hydrogen-bond acceptors (Lipinski definition) is 3. The summed E-state index contributed by atoms with van der Waals surface area (Å²) < 4.78 is 27.4. The average molecular weight is 234 g/mol. The van der Waals surface area contributed by atoms with Crippen molar-refractivity contribution < 1.29 is 52.4 Å². The number of carboxylic acid groups (broad SMARTS) is 1. The number of aliphatic carboxylic acids is 1.